The number of aryl methyl sites for hydroxylation is 1. The third-order valence-electron chi connectivity index (χ3n) is 1.28. The largest absolute Gasteiger partial charge is 0.222 e. The van der Waals surface area contributed by atoms with Gasteiger partial charge in [0.2, 0.25) is 4.91 Å². The smallest absolute Gasteiger partial charge is 0.0569 e. The van der Waals surface area contributed by atoms with Gasteiger partial charge in [-0.15, -0.1) is 0 Å². The van der Waals surface area contributed by atoms with Gasteiger partial charge < -0.3 is 0 Å². The van der Waals surface area contributed by atoms with Crippen molar-refractivity contribution in [1.29, 1.82) is 0 Å². The van der Waals surface area contributed by atoms with Crippen LogP contribution in [-0.4, -0.2) is 7.05 Å². The zero-order chi connectivity index (χ0) is 8.10. The van der Waals surface area contributed by atoms with Crippen molar-refractivity contribution in [2.75, 3.05) is 7.05 Å². The van der Waals surface area contributed by atoms with Crippen molar-refractivity contribution in [2.45, 2.75) is 6.92 Å². The first kappa shape index (κ1) is 7.63. The van der Waals surface area contributed by atoms with Crippen LogP contribution < -0.4 is 4.91 Å². The summed E-state index contributed by atoms with van der Waals surface area (Å²) in [6, 6.07) is 7.79. The first-order chi connectivity index (χ1) is 5.33. The number of hydrogen-bond donors (Lipinski definition) is 0. The van der Waals surface area contributed by atoms with Gasteiger partial charge in [-0.05, 0) is 19.1 Å². The minimum atomic E-state index is 0.834. The zero-order valence-electron chi connectivity index (χ0n) is 6.65. The summed E-state index contributed by atoms with van der Waals surface area (Å²) in [5.41, 5.74) is 2.05. The van der Waals surface area contributed by atoms with Gasteiger partial charge in [0.15, 0.2) is 10.8 Å². The molecule has 0 aliphatic carbocycles. The van der Waals surface area contributed by atoms with E-state index in [9.17, 15) is 0 Å². The quantitative estimate of drug-likeness (QED) is 0.432. The normalized spacial score (nSPS) is 8.55. The molecule has 0 saturated heterocycles. The Hall–Kier alpha value is -1.47. The molecule has 0 aromatic heterocycles. The molecule has 0 spiro atoms. The van der Waals surface area contributed by atoms with Gasteiger partial charge in [0.1, 0.15) is 12.2 Å². The first-order valence-corrected chi connectivity index (χ1v) is 3.39. The van der Waals surface area contributed by atoms with Crippen LogP contribution >= 0.6 is 0 Å². The molecule has 0 aliphatic rings. The highest BCUT2D eigenvalue weighted by Crippen LogP contribution is 2.10. The van der Waals surface area contributed by atoms with E-state index in [1.54, 1.807) is 7.05 Å². The summed E-state index contributed by atoms with van der Waals surface area (Å²) < 4.78 is 0. The molecule has 3 nitrogen and oxygen atoms in total. The van der Waals surface area contributed by atoms with Crippen LogP contribution in [0.4, 0.5) is 5.69 Å². The second-order valence-electron chi connectivity index (χ2n) is 2.22. The fourth-order valence-corrected chi connectivity index (χ4v) is 0.708. The predicted molar refractivity (Wildman–Crippen MR) is 43.8 cm³/mol. The second kappa shape index (κ2) is 3.64. The fraction of sp³-hybridized carbons (Fsp3) is 0.250. The van der Waals surface area contributed by atoms with Crippen LogP contribution in [0.5, 0.6) is 0 Å². The van der Waals surface area contributed by atoms with E-state index in [2.05, 4.69) is 15.1 Å². The predicted octanol–water partition coefficient (Wildman–Crippen LogP) is 2.23. The Morgan fingerprint density at radius 2 is 1.82 bits per heavy atom. The summed E-state index contributed by atoms with van der Waals surface area (Å²) in [6.45, 7) is 2.03. The van der Waals surface area contributed by atoms with Crippen molar-refractivity contribution in [2.24, 2.45) is 10.2 Å². The van der Waals surface area contributed by atoms with Crippen LogP contribution in [0, 0.1) is 6.92 Å². The van der Waals surface area contributed by atoms with Gasteiger partial charge in [0.05, 0.1) is 0 Å². The van der Waals surface area contributed by atoms with Crippen molar-refractivity contribution < 1.29 is 0 Å². The second-order valence-corrected chi connectivity index (χ2v) is 2.22. The molecule has 0 aliphatic heterocycles. The van der Waals surface area contributed by atoms with E-state index in [-0.39, 0.29) is 0 Å². The van der Waals surface area contributed by atoms with Gasteiger partial charge in [-0.25, -0.2) is 0 Å². The molecule has 0 fully saturated rings. The van der Waals surface area contributed by atoms with E-state index in [1.165, 1.54) is 5.56 Å². The first-order valence-electron chi connectivity index (χ1n) is 3.39. The average molecular weight is 148 g/mol. The van der Waals surface area contributed by atoms with Crippen LogP contribution in [0.3, 0.4) is 0 Å². The Morgan fingerprint density at radius 3 is 2.36 bits per heavy atom. The van der Waals surface area contributed by atoms with E-state index in [1.807, 2.05) is 31.2 Å². The summed E-state index contributed by atoms with van der Waals surface area (Å²) in [4.78, 5) is 3.52. The Balaban J connectivity index is 2.90. The van der Waals surface area contributed by atoms with Crippen LogP contribution in [0.25, 0.3) is 0 Å². The molecule has 0 bridgehead atoms. The van der Waals surface area contributed by atoms with Gasteiger partial charge in [-0.3, -0.25) is 0 Å². The average Bonchev–Trinajstić information content (AvgIpc) is 2.04. The van der Waals surface area contributed by atoms with Crippen LogP contribution in [0.2, 0.25) is 0 Å². The maximum Gasteiger partial charge on any atom is 0.222 e. The lowest BCUT2D eigenvalue weighted by Gasteiger charge is -1.86. The van der Waals surface area contributed by atoms with Gasteiger partial charge in [-0.2, -0.15) is 0 Å². The zero-order valence-corrected chi connectivity index (χ0v) is 6.65. The summed E-state index contributed by atoms with van der Waals surface area (Å²) in [7, 11) is 1.59. The highest BCUT2D eigenvalue weighted by Gasteiger charge is 1.92. The van der Waals surface area contributed by atoms with E-state index >= 15 is 0 Å². The van der Waals surface area contributed by atoms with E-state index in [4.69, 9.17) is 0 Å². The number of nitrogens with zero attached hydrogens (tertiary/aromatic N) is 3. The molecule has 1 aromatic rings. The van der Waals surface area contributed by atoms with Crippen molar-refractivity contribution in [1.82, 2.24) is 4.91 Å². The molecule has 1 aromatic carbocycles. The van der Waals surface area contributed by atoms with Crippen molar-refractivity contribution in [3.05, 3.63) is 29.8 Å². The van der Waals surface area contributed by atoms with Gasteiger partial charge >= 0.3 is 0 Å². The third kappa shape index (κ3) is 2.32. The van der Waals surface area contributed by atoms with Crippen molar-refractivity contribution in [3.63, 3.8) is 0 Å². The topological polar surface area (TPSA) is 38.8 Å². The fourth-order valence-electron chi connectivity index (χ4n) is 0.708. The maximum absolute atomic E-state index is 3.82. The lowest BCUT2D eigenvalue weighted by atomic mass is 10.2. The molecule has 0 amide bonds. The van der Waals surface area contributed by atoms with Crippen molar-refractivity contribution >= 4 is 5.69 Å². The molecular weight excluding hydrogens is 138 g/mol. The Labute approximate surface area is 65.5 Å². The van der Waals surface area contributed by atoms with Crippen LogP contribution in [0.15, 0.2) is 34.5 Å². The Kier molecular flexibility index (Phi) is 2.53. The summed E-state index contributed by atoms with van der Waals surface area (Å²) in [5, 5.41) is 7.34. The SMILES string of the molecule is CN=[N+]=Nc1ccc(C)cc1. The number of benzene rings is 1. The molecule has 0 radical (unpaired) electrons. The maximum atomic E-state index is 3.82. The number of hydrogen-bond acceptors (Lipinski definition) is 2. The molecule has 1 rings (SSSR count). The summed E-state index contributed by atoms with van der Waals surface area (Å²) >= 11 is 0. The molecule has 0 N–H and O–H groups in total. The molecule has 56 valence electrons. The third-order valence-corrected chi connectivity index (χ3v) is 1.28. The summed E-state index contributed by atoms with van der Waals surface area (Å²) in [5.74, 6) is 0. The highest BCUT2D eigenvalue weighted by atomic mass is 15.2. The van der Waals surface area contributed by atoms with Crippen LogP contribution in [0.1, 0.15) is 5.56 Å². The van der Waals surface area contributed by atoms with Gasteiger partial charge in [-0.1, -0.05) is 17.7 Å². The van der Waals surface area contributed by atoms with Gasteiger partial charge in [0.25, 0.3) is 0 Å². The van der Waals surface area contributed by atoms with E-state index < -0.39 is 0 Å². The Morgan fingerprint density at radius 1 is 1.18 bits per heavy atom. The van der Waals surface area contributed by atoms with Crippen molar-refractivity contribution in [3.8, 4) is 0 Å². The van der Waals surface area contributed by atoms with Gasteiger partial charge in [0, 0.05) is 0 Å². The monoisotopic (exact) mass is 148 g/mol. The molecule has 0 unspecified atom stereocenters. The minimum Gasteiger partial charge on any atom is -0.0569 e. The standard InChI is InChI=1S/C8H10N3/c1-7-3-5-8(6-4-7)10-11-9-2/h3-6H,1-2H3/q+1. The van der Waals surface area contributed by atoms with E-state index in [0.29, 0.717) is 0 Å². The highest BCUT2D eigenvalue weighted by molar-refractivity contribution is 5.37. The lowest BCUT2D eigenvalue weighted by Crippen LogP contribution is -1.69. The lowest BCUT2D eigenvalue weighted by molar-refractivity contribution is 1.02. The Bertz CT molecular complexity index is 281. The number of rotatable bonds is 1. The molecule has 0 saturated carbocycles. The molecule has 11 heavy (non-hydrogen) atoms. The molecular formula is C8H10N3+. The molecule has 0 heterocycles. The minimum absolute atomic E-state index is 0.834. The van der Waals surface area contributed by atoms with Crippen LogP contribution in [-0.2, 0) is 0 Å². The molecule has 3 heteroatoms. The van der Waals surface area contributed by atoms with E-state index in [0.717, 1.165) is 5.69 Å². The molecule has 0 atom stereocenters. The summed E-state index contributed by atoms with van der Waals surface area (Å²) in [6.07, 6.45) is 0.